The third-order valence-electron chi connectivity index (χ3n) is 5.29. The Morgan fingerprint density at radius 1 is 1.13 bits per heavy atom. The molecular formula is C23H23ClN4O2. The normalized spacial score (nSPS) is 16.1. The van der Waals surface area contributed by atoms with Gasteiger partial charge in [0, 0.05) is 38.3 Å². The molecule has 1 aromatic heterocycles. The Labute approximate surface area is 180 Å². The minimum atomic E-state index is -0.377. The summed E-state index contributed by atoms with van der Waals surface area (Å²) in [5.41, 5.74) is 2.78. The molecule has 2 aromatic carbocycles. The van der Waals surface area contributed by atoms with Crippen LogP contribution >= 0.6 is 11.6 Å². The zero-order valence-electron chi connectivity index (χ0n) is 16.7. The van der Waals surface area contributed by atoms with Gasteiger partial charge >= 0.3 is 0 Å². The number of aromatic nitrogens is 2. The summed E-state index contributed by atoms with van der Waals surface area (Å²) < 4.78 is 1.86. The molecule has 0 radical (unpaired) electrons. The van der Waals surface area contributed by atoms with Crippen LogP contribution in [0.4, 0.5) is 5.69 Å². The molecule has 154 valence electrons. The van der Waals surface area contributed by atoms with Crippen molar-refractivity contribution in [2.45, 2.75) is 19.5 Å². The number of anilines is 1. The fourth-order valence-corrected chi connectivity index (χ4v) is 4.02. The summed E-state index contributed by atoms with van der Waals surface area (Å²) in [5.74, 6) is -0.502. The van der Waals surface area contributed by atoms with Crippen molar-refractivity contribution in [3.05, 3.63) is 83.1 Å². The lowest BCUT2D eigenvalue weighted by molar-refractivity contribution is -0.135. The highest BCUT2D eigenvalue weighted by Gasteiger charge is 2.37. The van der Waals surface area contributed by atoms with Crippen LogP contribution in [-0.4, -0.2) is 40.1 Å². The molecular weight excluding hydrogens is 400 g/mol. The van der Waals surface area contributed by atoms with Gasteiger partial charge in [-0.05, 0) is 17.7 Å². The number of halogens is 1. The predicted octanol–water partition coefficient (Wildman–Crippen LogP) is 3.60. The molecule has 1 aliphatic rings. The second kappa shape index (κ2) is 8.71. The van der Waals surface area contributed by atoms with Crippen molar-refractivity contribution in [2.24, 2.45) is 5.92 Å². The largest absolute Gasteiger partial charge is 0.341 e. The average Bonchev–Trinajstić information content (AvgIpc) is 3.35. The molecule has 7 heteroatoms. The quantitative estimate of drug-likeness (QED) is 0.610. The molecule has 30 heavy (non-hydrogen) atoms. The number of amides is 2. The first kappa shape index (κ1) is 20.2. The van der Waals surface area contributed by atoms with Crippen LogP contribution in [0, 0.1) is 5.92 Å². The Hall–Kier alpha value is -3.12. The first-order valence-corrected chi connectivity index (χ1v) is 10.2. The maximum Gasteiger partial charge on any atom is 0.228 e. The van der Waals surface area contributed by atoms with E-state index in [1.807, 2.05) is 41.2 Å². The standard InChI is InChI=1S/C23H23ClN4O2/c1-26(13-18-12-25-27(15-18)14-17-7-3-2-4-8-17)23(30)19-11-22(29)28(16-19)21-10-6-5-9-20(21)24/h2-10,12,15,19H,11,13-14,16H2,1H3/t19-/m0/s1. The second-order valence-electron chi connectivity index (χ2n) is 7.58. The molecule has 3 aromatic rings. The summed E-state index contributed by atoms with van der Waals surface area (Å²) in [5, 5.41) is 4.91. The zero-order valence-corrected chi connectivity index (χ0v) is 17.5. The molecule has 2 amide bonds. The van der Waals surface area contributed by atoms with Crippen molar-refractivity contribution < 1.29 is 9.59 Å². The van der Waals surface area contributed by atoms with Gasteiger partial charge in [-0.2, -0.15) is 5.10 Å². The summed E-state index contributed by atoms with van der Waals surface area (Å²) in [6.45, 7) is 1.48. The van der Waals surface area contributed by atoms with E-state index in [0.29, 0.717) is 30.3 Å². The average molecular weight is 423 g/mol. The number of carbonyl (C=O) groups is 2. The van der Waals surface area contributed by atoms with Gasteiger partial charge in [-0.3, -0.25) is 14.3 Å². The first-order valence-electron chi connectivity index (χ1n) is 9.86. The molecule has 0 saturated carbocycles. The monoisotopic (exact) mass is 422 g/mol. The van der Waals surface area contributed by atoms with E-state index in [1.54, 1.807) is 35.2 Å². The number of nitrogens with zero attached hydrogens (tertiary/aromatic N) is 4. The number of carbonyl (C=O) groups excluding carboxylic acids is 2. The van der Waals surface area contributed by atoms with E-state index < -0.39 is 0 Å². The third-order valence-corrected chi connectivity index (χ3v) is 5.61. The molecule has 0 N–H and O–H groups in total. The van der Waals surface area contributed by atoms with Crippen LogP contribution in [0.3, 0.4) is 0 Å². The lowest BCUT2D eigenvalue weighted by Gasteiger charge is -2.21. The van der Waals surface area contributed by atoms with E-state index >= 15 is 0 Å². The molecule has 0 aliphatic carbocycles. The Kier molecular flexibility index (Phi) is 5.86. The van der Waals surface area contributed by atoms with Gasteiger partial charge in [-0.15, -0.1) is 0 Å². The molecule has 4 rings (SSSR count). The predicted molar refractivity (Wildman–Crippen MR) is 116 cm³/mol. The Morgan fingerprint density at radius 2 is 1.87 bits per heavy atom. The summed E-state index contributed by atoms with van der Waals surface area (Å²) in [6, 6.07) is 17.3. The number of benzene rings is 2. The first-order chi connectivity index (χ1) is 14.5. The Bertz CT molecular complexity index is 1050. The number of hydrogen-bond donors (Lipinski definition) is 0. The molecule has 1 saturated heterocycles. The number of hydrogen-bond acceptors (Lipinski definition) is 3. The van der Waals surface area contributed by atoms with Gasteiger partial charge in [-0.25, -0.2) is 0 Å². The van der Waals surface area contributed by atoms with Crippen molar-refractivity contribution in [2.75, 3.05) is 18.5 Å². The fourth-order valence-electron chi connectivity index (χ4n) is 3.78. The van der Waals surface area contributed by atoms with Crippen molar-refractivity contribution in [3.63, 3.8) is 0 Å². The SMILES string of the molecule is CN(Cc1cnn(Cc2ccccc2)c1)C(=O)[C@H]1CC(=O)N(c2ccccc2Cl)C1. The topological polar surface area (TPSA) is 58.4 Å². The van der Waals surface area contributed by atoms with Crippen molar-refractivity contribution >= 4 is 29.1 Å². The van der Waals surface area contributed by atoms with Gasteiger partial charge in [0.1, 0.15) is 0 Å². The molecule has 2 heterocycles. The van der Waals surface area contributed by atoms with E-state index in [1.165, 1.54) is 5.56 Å². The van der Waals surface area contributed by atoms with Gasteiger partial charge < -0.3 is 9.80 Å². The maximum atomic E-state index is 12.9. The van der Waals surface area contributed by atoms with Crippen molar-refractivity contribution in [1.82, 2.24) is 14.7 Å². The summed E-state index contributed by atoms with van der Waals surface area (Å²) in [4.78, 5) is 28.7. The van der Waals surface area contributed by atoms with E-state index in [9.17, 15) is 9.59 Å². The molecule has 0 unspecified atom stereocenters. The highest BCUT2D eigenvalue weighted by Crippen LogP contribution is 2.31. The Morgan fingerprint density at radius 3 is 2.63 bits per heavy atom. The fraction of sp³-hybridized carbons (Fsp3) is 0.261. The molecule has 6 nitrogen and oxygen atoms in total. The zero-order chi connectivity index (χ0) is 21.1. The van der Waals surface area contributed by atoms with Crippen LogP contribution in [0.2, 0.25) is 5.02 Å². The van der Waals surface area contributed by atoms with E-state index in [4.69, 9.17) is 11.6 Å². The molecule has 1 fully saturated rings. The third kappa shape index (κ3) is 4.39. The molecule has 0 spiro atoms. The van der Waals surface area contributed by atoms with Crippen molar-refractivity contribution in [3.8, 4) is 0 Å². The van der Waals surface area contributed by atoms with Gasteiger partial charge in [0.25, 0.3) is 0 Å². The Balaban J connectivity index is 1.37. The van der Waals surface area contributed by atoms with Gasteiger partial charge in [-0.1, -0.05) is 54.1 Å². The minimum absolute atomic E-state index is 0.0475. The van der Waals surface area contributed by atoms with Crippen molar-refractivity contribution in [1.29, 1.82) is 0 Å². The van der Waals surface area contributed by atoms with E-state index in [2.05, 4.69) is 17.2 Å². The lowest BCUT2D eigenvalue weighted by atomic mass is 10.1. The highest BCUT2D eigenvalue weighted by atomic mass is 35.5. The highest BCUT2D eigenvalue weighted by molar-refractivity contribution is 6.33. The summed E-state index contributed by atoms with van der Waals surface area (Å²) in [6.07, 6.45) is 3.93. The van der Waals surface area contributed by atoms with E-state index in [-0.39, 0.29) is 24.2 Å². The van der Waals surface area contributed by atoms with Gasteiger partial charge in [0.2, 0.25) is 11.8 Å². The molecule has 0 bridgehead atoms. The van der Waals surface area contributed by atoms with Crippen LogP contribution < -0.4 is 4.90 Å². The smallest absolute Gasteiger partial charge is 0.228 e. The second-order valence-corrected chi connectivity index (χ2v) is 7.99. The number of para-hydroxylation sites is 1. The van der Waals surface area contributed by atoms with Gasteiger partial charge in [0.15, 0.2) is 0 Å². The molecule has 1 atom stereocenters. The minimum Gasteiger partial charge on any atom is -0.341 e. The number of rotatable bonds is 6. The van der Waals surface area contributed by atoms with Crippen LogP contribution in [-0.2, 0) is 22.7 Å². The summed E-state index contributed by atoms with van der Waals surface area (Å²) in [7, 11) is 1.76. The lowest BCUT2D eigenvalue weighted by Crippen LogP contribution is -2.34. The van der Waals surface area contributed by atoms with Crippen LogP contribution in [0.5, 0.6) is 0 Å². The van der Waals surface area contributed by atoms with E-state index in [0.717, 1.165) is 5.56 Å². The van der Waals surface area contributed by atoms with Crippen LogP contribution in [0.15, 0.2) is 67.0 Å². The maximum absolute atomic E-state index is 12.9. The van der Waals surface area contributed by atoms with Gasteiger partial charge in [0.05, 0.1) is 29.4 Å². The summed E-state index contributed by atoms with van der Waals surface area (Å²) >= 11 is 6.23. The van der Waals surface area contributed by atoms with Crippen LogP contribution in [0.25, 0.3) is 0 Å². The van der Waals surface area contributed by atoms with Crippen LogP contribution in [0.1, 0.15) is 17.5 Å². The molecule has 1 aliphatic heterocycles.